The molecule has 0 aliphatic carbocycles. The molecule has 178 valence electrons. The van der Waals surface area contributed by atoms with Crippen molar-refractivity contribution in [3.8, 4) is 28.4 Å². The summed E-state index contributed by atoms with van der Waals surface area (Å²) in [6.45, 7) is 1.64. The monoisotopic (exact) mass is 468 g/mol. The van der Waals surface area contributed by atoms with Gasteiger partial charge < -0.3 is 23.7 Å². The van der Waals surface area contributed by atoms with Gasteiger partial charge in [0.15, 0.2) is 23.8 Å². The van der Waals surface area contributed by atoms with Gasteiger partial charge in [-0.05, 0) is 37.3 Å². The Hall–Kier alpha value is -4.34. The number of nitrogens with zero attached hydrogens (tertiary/aromatic N) is 2. The van der Waals surface area contributed by atoms with Gasteiger partial charge >= 0.3 is 17.9 Å². The number of esters is 3. The number of rotatable bonds is 9. The zero-order chi connectivity index (χ0) is 24.7. The number of carbonyl (C=O) groups is 3. The summed E-state index contributed by atoms with van der Waals surface area (Å²) >= 11 is 0. The van der Waals surface area contributed by atoms with Crippen molar-refractivity contribution in [2.45, 2.75) is 6.92 Å². The molecule has 0 aliphatic heterocycles. The molecule has 10 nitrogen and oxygen atoms in total. The summed E-state index contributed by atoms with van der Waals surface area (Å²) in [5.41, 5.74) is 1.00. The van der Waals surface area contributed by atoms with Crippen molar-refractivity contribution in [2.24, 2.45) is 0 Å². The highest BCUT2D eigenvalue weighted by molar-refractivity contribution is 6.06. The molecule has 3 rings (SSSR count). The molecule has 34 heavy (non-hydrogen) atoms. The molecule has 0 fully saturated rings. The molecule has 0 spiro atoms. The topological polar surface area (TPSA) is 115 Å². The van der Waals surface area contributed by atoms with Crippen LogP contribution < -0.4 is 9.47 Å². The van der Waals surface area contributed by atoms with Gasteiger partial charge in [-0.25, -0.2) is 19.1 Å². The van der Waals surface area contributed by atoms with Crippen molar-refractivity contribution >= 4 is 17.9 Å². The first kappa shape index (κ1) is 24.3. The number of aromatic nitrogens is 2. The molecular weight excluding hydrogens is 444 g/mol. The van der Waals surface area contributed by atoms with Crippen molar-refractivity contribution in [1.29, 1.82) is 0 Å². The SMILES string of the molecule is CCOC(=O)COc1ccc(-c2nn(-c3ccccc3)c(C(=O)OC)c2C(=O)OC)cc1OC. The first-order valence-electron chi connectivity index (χ1n) is 10.3. The van der Waals surface area contributed by atoms with E-state index in [0.717, 1.165) is 0 Å². The fourth-order valence-corrected chi connectivity index (χ4v) is 3.23. The van der Waals surface area contributed by atoms with E-state index in [2.05, 4.69) is 5.10 Å². The minimum absolute atomic E-state index is 0.0690. The average molecular weight is 468 g/mol. The van der Waals surface area contributed by atoms with Crippen LogP contribution in [0.4, 0.5) is 0 Å². The molecule has 0 aliphatic rings. The van der Waals surface area contributed by atoms with Crippen LogP contribution in [0.15, 0.2) is 48.5 Å². The van der Waals surface area contributed by atoms with Gasteiger partial charge in [-0.1, -0.05) is 18.2 Å². The first-order valence-corrected chi connectivity index (χ1v) is 10.3. The highest BCUT2D eigenvalue weighted by atomic mass is 16.6. The molecule has 0 unspecified atom stereocenters. The van der Waals surface area contributed by atoms with Gasteiger partial charge in [0.2, 0.25) is 0 Å². The Morgan fingerprint density at radius 2 is 1.62 bits per heavy atom. The predicted molar refractivity (Wildman–Crippen MR) is 120 cm³/mol. The van der Waals surface area contributed by atoms with Crippen LogP contribution in [0.1, 0.15) is 27.8 Å². The number of hydrogen-bond donors (Lipinski definition) is 0. The van der Waals surface area contributed by atoms with Crippen molar-refractivity contribution in [3.05, 3.63) is 59.8 Å². The second kappa shape index (κ2) is 11.0. The van der Waals surface area contributed by atoms with E-state index >= 15 is 0 Å². The van der Waals surface area contributed by atoms with Crippen LogP contribution in [0.2, 0.25) is 0 Å². The van der Waals surface area contributed by atoms with Crippen LogP contribution in [0.25, 0.3) is 16.9 Å². The number of methoxy groups -OCH3 is 3. The standard InChI is InChI=1S/C24H24N2O8/c1-5-33-19(27)14-34-17-12-11-15(13-18(17)30-2)21-20(23(28)31-3)22(24(29)32-4)26(25-21)16-9-7-6-8-10-16/h6-13H,5,14H2,1-4H3. The third-order valence-electron chi connectivity index (χ3n) is 4.74. The minimum Gasteiger partial charge on any atom is -0.493 e. The smallest absolute Gasteiger partial charge is 0.357 e. The van der Waals surface area contributed by atoms with Gasteiger partial charge in [-0.15, -0.1) is 0 Å². The highest BCUT2D eigenvalue weighted by Gasteiger charge is 2.31. The van der Waals surface area contributed by atoms with E-state index < -0.39 is 17.9 Å². The van der Waals surface area contributed by atoms with Crippen LogP contribution >= 0.6 is 0 Å². The van der Waals surface area contributed by atoms with Crippen LogP contribution in [-0.4, -0.2) is 62.2 Å². The van der Waals surface area contributed by atoms with E-state index in [9.17, 15) is 14.4 Å². The Bertz CT molecular complexity index is 1190. The van der Waals surface area contributed by atoms with Crippen LogP contribution in [0.3, 0.4) is 0 Å². The molecule has 2 aromatic carbocycles. The number of para-hydroxylation sites is 1. The molecule has 1 aromatic heterocycles. The molecule has 0 N–H and O–H groups in total. The van der Waals surface area contributed by atoms with Gasteiger partial charge in [0, 0.05) is 5.56 Å². The lowest BCUT2D eigenvalue weighted by atomic mass is 10.0. The molecule has 0 amide bonds. The van der Waals surface area contributed by atoms with E-state index in [1.54, 1.807) is 49.4 Å². The average Bonchev–Trinajstić information content (AvgIpc) is 3.27. The lowest BCUT2D eigenvalue weighted by Crippen LogP contribution is -2.15. The third-order valence-corrected chi connectivity index (χ3v) is 4.74. The van der Waals surface area contributed by atoms with Gasteiger partial charge in [0.25, 0.3) is 0 Å². The largest absolute Gasteiger partial charge is 0.493 e. The van der Waals surface area contributed by atoms with E-state index in [0.29, 0.717) is 11.3 Å². The molecule has 10 heteroatoms. The Kier molecular flexibility index (Phi) is 7.86. The van der Waals surface area contributed by atoms with Crippen molar-refractivity contribution in [1.82, 2.24) is 9.78 Å². The van der Waals surface area contributed by atoms with Crippen LogP contribution in [0, 0.1) is 0 Å². The second-order valence-electron chi connectivity index (χ2n) is 6.76. The van der Waals surface area contributed by atoms with Gasteiger partial charge in [0.1, 0.15) is 11.3 Å². The Morgan fingerprint density at radius 1 is 0.912 bits per heavy atom. The fraction of sp³-hybridized carbons (Fsp3) is 0.250. The molecule has 0 atom stereocenters. The zero-order valence-corrected chi connectivity index (χ0v) is 19.2. The summed E-state index contributed by atoms with van der Waals surface area (Å²) in [5.74, 6) is -1.48. The fourth-order valence-electron chi connectivity index (χ4n) is 3.23. The number of carbonyl (C=O) groups excluding carboxylic acids is 3. The van der Waals surface area contributed by atoms with Gasteiger partial charge in [-0.3, -0.25) is 0 Å². The molecule has 0 saturated carbocycles. The quantitative estimate of drug-likeness (QED) is 0.345. The first-order chi connectivity index (χ1) is 16.4. The number of ether oxygens (including phenoxy) is 5. The van der Waals surface area contributed by atoms with Crippen LogP contribution in [-0.2, 0) is 19.0 Å². The molecule has 0 radical (unpaired) electrons. The van der Waals surface area contributed by atoms with E-state index in [1.165, 1.54) is 26.0 Å². The maximum absolute atomic E-state index is 12.8. The predicted octanol–water partition coefficient (Wildman–Crippen LogP) is 3.06. The van der Waals surface area contributed by atoms with Gasteiger partial charge in [-0.2, -0.15) is 5.10 Å². The Balaban J connectivity index is 2.15. The van der Waals surface area contributed by atoms with E-state index in [-0.39, 0.29) is 41.7 Å². The summed E-state index contributed by atoms with van der Waals surface area (Å²) in [6.07, 6.45) is 0. The summed E-state index contributed by atoms with van der Waals surface area (Å²) in [4.78, 5) is 37.1. The summed E-state index contributed by atoms with van der Waals surface area (Å²) in [6, 6.07) is 13.6. The molecule has 0 bridgehead atoms. The molecule has 0 saturated heterocycles. The zero-order valence-electron chi connectivity index (χ0n) is 19.2. The van der Waals surface area contributed by atoms with Crippen molar-refractivity contribution in [3.63, 3.8) is 0 Å². The maximum atomic E-state index is 12.8. The lowest BCUT2D eigenvalue weighted by Gasteiger charge is -2.11. The normalized spacial score (nSPS) is 10.4. The summed E-state index contributed by atoms with van der Waals surface area (Å²) in [5, 5.41) is 4.54. The summed E-state index contributed by atoms with van der Waals surface area (Å²) in [7, 11) is 3.85. The van der Waals surface area contributed by atoms with Crippen molar-refractivity contribution in [2.75, 3.05) is 34.5 Å². The van der Waals surface area contributed by atoms with Crippen molar-refractivity contribution < 1.29 is 38.1 Å². The highest BCUT2D eigenvalue weighted by Crippen LogP contribution is 2.35. The minimum atomic E-state index is -0.765. The lowest BCUT2D eigenvalue weighted by molar-refractivity contribution is -0.145. The maximum Gasteiger partial charge on any atom is 0.357 e. The Labute approximate surface area is 195 Å². The van der Waals surface area contributed by atoms with Crippen LogP contribution in [0.5, 0.6) is 11.5 Å². The summed E-state index contributed by atoms with van der Waals surface area (Å²) < 4.78 is 26.9. The number of hydrogen-bond acceptors (Lipinski definition) is 9. The third kappa shape index (κ3) is 5.01. The molecular formula is C24H24N2O8. The molecule has 3 aromatic rings. The van der Waals surface area contributed by atoms with E-state index in [1.807, 2.05) is 6.07 Å². The second-order valence-corrected chi connectivity index (χ2v) is 6.76. The van der Waals surface area contributed by atoms with E-state index in [4.69, 9.17) is 23.7 Å². The Morgan fingerprint density at radius 3 is 2.24 bits per heavy atom. The van der Waals surface area contributed by atoms with Gasteiger partial charge in [0.05, 0.1) is 33.6 Å². The number of benzene rings is 2. The molecule has 1 heterocycles.